The molecule has 0 aliphatic carbocycles. The van der Waals surface area contributed by atoms with Crippen LogP contribution in [0.3, 0.4) is 0 Å². The molecule has 2 heterocycles. The molecule has 0 bridgehead atoms. The van der Waals surface area contributed by atoms with Gasteiger partial charge >= 0.3 is 0 Å². The lowest BCUT2D eigenvalue weighted by Crippen LogP contribution is -2.12. The van der Waals surface area contributed by atoms with E-state index >= 15 is 0 Å². The van der Waals surface area contributed by atoms with E-state index in [1.54, 1.807) is 26.2 Å². The molecule has 0 radical (unpaired) electrons. The number of nitrogens with zero attached hydrogens (tertiary/aromatic N) is 3. The monoisotopic (exact) mass is 452 g/mol. The summed E-state index contributed by atoms with van der Waals surface area (Å²) in [5.74, 6) is 0.832. The number of aryl methyl sites for hydroxylation is 3. The highest BCUT2D eigenvalue weighted by atomic mass is 32.1. The molecular weight excluding hydrogens is 431 g/mol. The number of hydrogen-bond donors (Lipinski definition) is 1. The minimum atomic E-state index is -0.332. The number of nitrogens with one attached hydrogen (secondary N) is 1. The molecule has 4 aromatic rings. The minimum absolute atomic E-state index is 0.153. The predicted octanol–water partition coefficient (Wildman–Crippen LogP) is 5.20. The highest BCUT2D eigenvalue weighted by Crippen LogP contribution is 2.31. The van der Waals surface area contributed by atoms with Gasteiger partial charge in [-0.3, -0.25) is 4.79 Å². The Balaban J connectivity index is 1.36. The summed E-state index contributed by atoms with van der Waals surface area (Å²) >= 11 is 1.41. The molecule has 2 aromatic carbocycles. The molecule has 0 aliphatic rings. The molecule has 7 nitrogen and oxygen atoms in total. The lowest BCUT2D eigenvalue weighted by molar-refractivity contribution is -0.116. The molecule has 9 heteroatoms. The van der Waals surface area contributed by atoms with Crippen molar-refractivity contribution in [2.45, 2.75) is 26.7 Å². The predicted molar refractivity (Wildman–Crippen MR) is 120 cm³/mol. The summed E-state index contributed by atoms with van der Waals surface area (Å²) in [7, 11) is 1.62. The first kappa shape index (κ1) is 21.6. The van der Waals surface area contributed by atoms with Gasteiger partial charge in [0.1, 0.15) is 11.6 Å². The Labute approximate surface area is 188 Å². The molecule has 0 atom stereocenters. The molecule has 164 valence electrons. The van der Waals surface area contributed by atoms with Crippen LogP contribution in [0.2, 0.25) is 0 Å². The summed E-state index contributed by atoms with van der Waals surface area (Å²) in [6.45, 7) is 3.64. The van der Waals surface area contributed by atoms with Crippen molar-refractivity contribution in [3.8, 4) is 28.4 Å². The third kappa shape index (κ3) is 4.83. The van der Waals surface area contributed by atoms with Gasteiger partial charge in [-0.2, -0.15) is 4.98 Å². The first-order valence-electron chi connectivity index (χ1n) is 9.93. The van der Waals surface area contributed by atoms with Crippen molar-refractivity contribution in [3.05, 3.63) is 64.6 Å². The highest BCUT2D eigenvalue weighted by molar-refractivity contribution is 7.16. The van der Waals surface area contributed by atoms with E-state index in [4.69, 9.17) is 9.26 Å². The van der Waals surface area contributed by atoms with Crippen LogP contribution in [0, 0.1) is 19.7 Å². The summed E-state index contributed by atoms with van der Waals surface area (Å²) in [6, 6.07) is 12.3. The molecule has 0 spiro atoms. The van der Waals surface area contributed by atoms with Gasteiger partial charge in [-0.1, -0.05) is 17.3 Å². The van der Waals surface area contributed by atoms with Gasteiger partial charge < -0.3 is 14.6 Å². The van der Waals surface area contributed by atoms with Crippen LogP contribution >= 0.6 is 11.3 Å². The van der Waals surface area contributed by atoms with Gasteiger partial charge in [-0.15, -0.1) is 11.3 Å². The number of carbonyl (C=O) groups is 1. The SMILES string of the molecule is COc1ccc(-c2nc(NC(=O)CCc3nc(-c4ccc(C)c(F)c4)no3)sc2C)cc1. The average Bonchev–Trinajstić information content (AvgIpc) is 3.41. The van der Waals surface area contributed by atoms with Crippen molar-refractivity contribution in [1.29, 1.82) is 0 Å². The number of carbonyl (C=O) groups excluding carboxylic acids is 1. The maximum atomic E-state index is 13.8. The number of anilines is 1. The van der Waals surface area contributed by atoms with Crippen LogP contribution in [0.15, 0.2) is 47.0 Å². The molecular formula is C23H21FN4O3S. The van der Waals surface area contributed by atoms with Gasteiger partial charge in [-0.25, -0.2) is 9.37 Å². The normalized spacial score (nSPS) is 10.9. The van der Waals surface area contributed by atoms with E-state index in [-0.39, 0.29) is 24.6 Å². The lowest BCUT2D eigenvalue weighted by atomic mass is 10.1. The fourth-order valence-corrected chi connectivity index (χ4v) is 3.93. The van der Waals surface area contributed by atoms with Gasteiger partial charge in [0.25, 0.3) is 0 Å². The van der Waals surface area contributed by atoms with Crippen LogP contribution in [0.1, 0.15) is 22.8 Å². The number of thiazole rings is 1. The van der Waals surface area contributed by atoms with Crippen molar-refractivity contribution < 1.29 is 18.4 Å². The summed E-state index contributed by atoms with van der Waals surface area (Å²) in [6.07, 6.45) is 0.420. The van der Waals surface area contributed by atoms with E-state index in [1.165, 1.54) is 17.4 Å². The first-order valence-corrected chi connectivity index (χ1v) is 10.8. The van der Waals surface area contributed by atoms with Gasteiger partial charge in [0.2, 0.25) is 17.6 Å². The largest absolute Gasteiger partial charge is 0.497 e. The van der Waals surface area contributed by atoms with Crippen molar-refractivity contribution in [2.75, 3.05) is 12.4 Å². The van der Waals surface area contributed by atoms with E-state index in [0.717, 1.165) is 21.9 Å². The highest BCUT2D eigenvalue weighted by Gasteiger charge is 2.15. The Morgan fingerprint density at radius 3 is 2.59 bits per heavy atom. The summed E-state index contributed by atoms with van der Waals surface area (Å²) in [5.41, 5.74) is 2.84. The van der Waals surface area contributed by atoms with Crippen LogP contribution in [-0.2, 0) is 11.2 Å². The van der Waals surface area contributed by atoms with Gasteiger partial charge in [-0.05, 0) is 49.7 Å². The summed E-state index contributed by atoms with van der Waals surface area (Å²) < 4.78 is 24.1. The van der Waals surface area contributed by atoms with Crippen molar-refractivity contribution in [2.24, 2.45) is 0 Å². The standard InChI is InChI=1S/C23H21FN4O3S/c1-13-4-5-16(12-18(13)24)22-26-20(31-28-22)11-10-19(29)25-23-27-21(14(2)32-23)15-6-8-17(30-3)9-7-15/h4-9,12H,10-11H2,1-3H3,(H,25,27,29). The van der Waals surface area contributed by atoms with Crippen LogP contribution in [0.4, 0.5) is 9.52 Å². The first-order chi connectivity index (χ1) is 15.4. The third-order valence-corrected chi connectivity index (χ3v) is 5.76. The number of methoxy groups -OCH3 is 1. The smallest absolute Gasteiger partial charge is 0.227 e. The summed E-state index contributed by atoms with van der Waals surface area (Å²) in [5, 5.41) is 7.23. The van der Waals surface area contributed by atoms with Crippen molar-refractivity contribution >= 4 is 22.4 Å². The molecule has 0 aliphatic heterocycles. The molecule has 1 amide bonds. The molecule has 32 heavy (non-hydrogen) atoms. The number of hydrogen-bond acceptors (Lipinski definition) is 7. The number of halogens is 1. The molecule has 4 rings (SSSR count). The Kier molecular flexibility index (Phi) is 6.27. The molecule has 1 N–H and O–H groups in total. The van der Waals surface area contributed by atoms with E-state index in [0.29, 0.717) is 28.0 Å². The van der Waals surface area contributed by atoms with Crippen molar-refractivity contribution in [1.82, 2.24) is 15.1 Å². The van der Waals surface area contributed by atoms with E-state index in [1.807, 2.05) is 31.2 Å². The van der Waals surface area contributed by atoms with E-state index < -0.39 is 0 Å². The maximum absolute atomic E-state index is 13.8. The van der Waals surface area contributed by atoms with Crippen LogP contribution in [0.5, 0.6) is 5.75 Å². The molecule has 0 unspecified atom stereocenters. The third-order valence-electron chi connectivity index (χ3n) is 4.87. The molecule has 0 saturated carbocycles. The second kappa shape index (κ2) is 9.27. The second-order valence-corrected chi connectivity index (χ2v) is 8.38. The zero-order chi connectivity index (χ0) is 22.7. The van der Waals surface area contributed by atoms with Crippen molar-refractivity contribution in [3.63, 3.8) is 0 Å². The minimum Gasteiger partial charge on any atom is -0.497 e. The fourth-order valence-electron chi connectivity index (χ4n) is 3.07. The molecule has 0 saturated heterocycles. The zero-order valence-electron chi connectivity index (χ0n) is 17.8. The fraction of sp³-hybridized carbons (Fsp3) is 0.217. The van der Waals surface area contributed by atoms with Crippen LogP contribution in [0.25, 0.3) is 22.6 Å². The number of amides is 1. The topological polar surface area (TPSA) is 90.1 Å². The Morgan fingerprint density at radius 1 is 1.12 bits per heavy atom. The number of ether oxygens (including phenoxy) is 1. The average molecular weight is 453 g/mol. The Bertz CT molecular complexity index is 1250. The number of benzene rings is 2. The number of aromatic nitrogens is 3. The molecule has 2 aromatic heterocycles. The van der Waals surface area contributed by atoms with Gasteiger partial charge in [0, 0.05) is 28.8 Å². The maximum Gasteiger partial charge on any atom is 0.227 e. The van der Waals surface area contributed by atoms with Crippen LogP contribution < -0.4 is 10.1 Å². The Morgan fingerprint density at radius 2 is 1.88 bits per heavy atom. The van der Waals surface area contributed by atoms with Gasteiger partial charge in [0.05, 0.1) is 12.8 Å². The quantitative estimate of drug-likeness (QED) is 0.415. The number of rotatable bonds is 7. The van der Waals surface area contributed by atoms with E-state index in [9.17, 15) is 9.18 Å². The Hall–Kier alpha value is -3.59. The van der Waals surface area contributed by atoms with Crippen LogP contribution in [-0.4, -0.2) is 28.1 Å². The zero-order valence-corrected chi connectivity index (χ0v) is 18.6. The second-order valence-electron chi connectivity index (χ2n) is 7.18. The molecule has 0 fully saturated rings. The lowest BCUT2D eigenvalue weighted by Gasteiger charge is -2.02. The van der Waals surface area contributed by atoms with Gasteiger partial charge in [0.15, 0.2) is 5.13 Å². The van der Waals surface area contributed by atoms with E-state index in [2.05, 4.69) is 20.4 Å². The summed E-state index contributed by atoms with van der Waals surface area (Å²) in [4.78, 5) is 22.2.